The highest BCUT2D eigenvalue weighted by Crippen LogP contribution is 2.19. The van der Waals surface area contributed by atoms with Gasteiger partial charge >= 0.3 is 5.97 Å². The lowest BCUT2D eigenvalue weighted by atomic mass is 10.0. The molecule has 3 amide bonds. The van der Waals surface area contributed by atoms with Crippen LogP contribution in [0.2, 0.25) is 0 Å². The second-order valence-electron chi connectivity index (χ2n) is 9.44. The average Bonchev–Trinajstić information content (AvgIpc) is 3.74. The van der Waals surface area contributed by atoms with Crippen molar-refractivity contribution >= 4 is 47.2 Å². The van der Waals surface area contributed by atoms with Gasteiger partial charge < -0.3 is 41.7 Å². The number of carbonyl (C=O) groups excluding carboxylic acids is 3. The Kier molecular flexibility index (Phi) is 9.76. The van der Waals surface area contributed by atoms with Gasteiger partial charge in [0.1, 0.15) is 18.1 Å². The van der Waals surface area contributed by atoms with E-state index in [1.807, 2.05) is 24.3 Å². The largest absolute Gasteiger partial charge is 0.480 e. The van der Waals surface area contributed by atoms with Crippen molar-refractivity contribution in [1.82, 2.24) is 40.9 Å². The van der Waals surface area contributed by atoms with Gasteiger partial charge in [0.15, 0.2) is 0 Å². The van der Waals surface area contributed by atoms with Gasteiger partial charge in [-0.1, -0.05) is 18.2 Å². The van der Waals surface area contributed by atoms with E-state index in [-0.39, 0.29) is 25.0 Å². The number of aromatic amines is 3. The van der Waals surface area contributed by atoms with Crippen LogP contribution in [0.3, 0.4) is 0 Å². The molecule has 9 N–H and O–H groups in total. The highest BCUT2D eigenvalue weighted by atomic mass is 32.1. The number of benzene rings is 1. The van der Waals surface area contributed by atoms with Crippen molar-refractivity contribution in [3.8, 4) is 0 Å². The van der Waals surface area contributed by atoms with Gasteiger partial charge in [-0.3, -0.25) is 14.4 Å². The first-order valence-electron chi connectivity index (χ1n) is 12.7. The number of nitrogens with two attached hydrogens (primary N) is 1. The minimum absolute atomic E-state index is 0.0103. The Morgan fingerprint density at radius 2 is 1.44 bits per heavy atom. The molecule has 0 radical (unpaired) electrons. The van der Waals surface area contributed by atoms with Gasteiger partial charge in [0, 0.05) is 65.9 Å². The Morgan fingerprint density at radius 1 is 0.829 bits per heavy atom. The molecule has 4 atom stereocenters. The second kappa shape index (κ2) is 13.6. The van der Waals surface area contributed by atoms with Crippen LogP contribution in [-0.2, 0) is 38.4 Å². The zero-order valence-corrected chi connectivity index (χ0v) is 22.7. The first-order chi connectivity index (χ1) is 19.7. The summed E-state index contributed by atoms with van der Waals surface area (Å²) in [7, 11) is 0. The maximum atomic E-state index is 13.4. The normalized spacial score (nSPS) is 14.1. The number of aliphatic carboxylic acids is 1. The number of H-pyrrole nitrogens is 3. The van der Waals surface area contributed by atoms with Crippen molar-refractivity contribution in [2.45, 2.75) is 43.4 Å². The number of carboxylic acid groups (broad SMARTS) is 1. The molecule has 1 aromatic carbocycles. The topological polar surface area (TPSA) is 224 Å². The molecule has 4 aromatic rings. The van der Waals surface area contributed by atoms with Crippen molar-refractivity contribution in [2.75, 3.05) is 5.75 Å². The summed E-state index contributed by atoms with van der Waals surface area (Å²) in [4.78, 5) is 67.9. The van der Waals surface area contributed by atoms with Gasteiger partial charge in [0.25, 0.3) is 0 Å². The van der Waals surface area contributed by atoms with Crippen molar-refractivity contribution in [3.05, 3.63) is 72.5 Å². The van der Waals surface area contributed by atoms with Crippen LogP contribution in [0.4, 0.5) is 0 Å². The van der Waals surface area contributed by atoms with E-state index in [1.54, 1.807) is 6.20 Å². The number of hydrogen-bond acceptors (Lipinski definition) is 8. The van der Waals surface area contributed by atoms with E-state index in [9.17, 15) is 24.3 Å². The molecule has 0 aliphatic heterocycles. The third-order valence-electron chi connectivity index (χ3n) is 6.47. The molecule has 0 aliphatic carbocycles. The second-order valence-corrected chi connectivity index (χ2v) is 9.80. The number of imidazole rings is 2. The Bertz CT molecular complexity index is 1470. The van der Waals surface area contributed by atoms with E-state index in [1.165, 1.54) is 25.0 Å². The van der Waals surface area contributed by atoms with E-state index in [0.717, 1.165) is 10.9 Å². The van der Waals surface area contributed by atoms with Crippen LogP contribution >= 0.6 is 12.6 Å². The van der Waals surface area contributed by atoms with Gasteiger partial charge in [0.2, 0.25) is 17.7 Å². The molecular weight excluding hydrogens is 550 g/mol. The lowest BCUT2D eigenvalue weighted by Gasteiger charge is -2.24. The molecule has 4 rings (SSSR count). The molecule has 0 aliphatic rings. The minimum Gasteiger partial charge on any atom is -0.480 e. The predicted octanol–water partition coefficient (Wildman–Crippen LogP) is -0.562. The lowest BCUT2D eigenvalue weighted by Crippen LogP contribution is -2.58. The molecule has 0 saturated heterocycles. The molecular formula is C26H31N9O5S. The number of aromatic nitrogens is 5. The molecule has 3 aromatic heterocycles. The Hall–Kier alpha value is -4.63. The van der Waals surface area contributed by atoms with Crippen LogP contribution < -0.4 is 21.7 Å². The van der Waals surface area contributed by atoms with E-state index in [0.29, 0.717) is 17.0 Å². The van der Waals surface area contributed by atoms with Crippen molar-refractivity contribution in [3.63, 3.8) is 0 Å². The number of hydrogen-bond donors (Lipinski definition) is 9. The van der Waals surface area contributed by atoms with Crippen LogP contribution in [0.25, 0.3) is 10.9 Å². The van der Waals surface area contributed by atoms with Crippen molar-refractivity contribution < 1.29 is 24.3 Å². The SMILES string of the molecule is NC(Cc1cnc[nH]1)C(=O)NC(CS)C(=O)NC(Cc1cnc[nH]1)C(=O)NC(Cc1c[nH]c2ccccc12)C(=O)O. The molecule has 14 nitrogen and oxygen atoms in total. The molecule has 41 heavy (non-hydrogen) atoms. The van der Waals surface area contributed by atoms with Gasteiger partial charge in [-0.25, -0.2) is 14.8 Å². The zero-order valence-electron chi connectivity index (χ0n) is 21.8. The molecule has 0 saturated carbocycles. The molecule has 216 valence electrons. The third-order valence-corrected chi connectivity index (χ3v) is 6.84. The summed E-state index contributed by atoms with van der Waals surface area (Å²) >= 11 is 4.18. The number of fused-ring (bicyclic) bond motifs is 1. The molecule has 4 unspecified atom stereocenters. The quantitative estimate of drug-likeness (QED) is 0.0875. The number of carboxylic acids is 1. The lowest BCUT2D eigenvalue weighted by molar-refractivity contribution is -0.142. The smallest absolute Gasteiger partial charge is 0.326 e. The number of nitrogens with zero attached hydrogens (tertiary/aromatic N) is 2. The average molecular weight is 582 g/mol. The maximum Gasteiger partial charge on any atom is 0.326 e. The van der Waals surface area contributed by atoms with E-state index in [4.69, 9.17) is 5.73 Å². The fourth-order valence-electron chi connectivity index (χ4n) is 4.29. The van der Waals surface area contributed by atoms with Crippen LogP contribution in [0.5, 0.6) is 0 Å². The number of amides is 3. The van der Waals surface area contributed by atoms with Crippen molar-refractivity contribution in [2.24, 2.45) is 5.73 Å². The van der Waals surface area contributed by atoms with Gasteiger partial charge in [-0.15, -0.1) is 0 Å². The number of carbonyl (C=O) groups is 4. The maximum absolute atomic E-state index is 13.4. The molecule has 0 fully saturated rings. The van der Waals surface area contributed by atoms with Gasteiger partial charge in [0.05, 0.1) is 18.7 Å². The summed E-state index contributed by atoms with van der Waals surface area (Å²) in [5.41, 5.74) is 8.71. The number of nitrogens with one attached hydrogen (secondary N) is 6. The monoisotopic (exact) mass is 581 g/mol. The first kappa shape index (κ1) is 29.4. The summed E-state index contributed by atoms with van der Waals surface area (Å²) in [5, 5.41) is 18.4. The summed E-state index contributed by atoms with van der Waals surface area (Å²) in [6.07, 6.45) is 7.78. The fourth-order valence-corrected chi connectivity index (χ4v) is 4.55. The van der Waals surface area contributed by atoms with Gasteiger partial charge in [-0.05, 0) is 11.6 Å². The van der Waals surface area contributed by atoms with Gasteiger partial charge in [-0.2, -0.15) is 12.6 Å². The molecule has 0 spiro atoms. The molecule has 0 bridgehead atoms. The standard InChI is InChI=1S/C26H31N9O5S/c27-18(6-15-9-28-12-31-15)23(36)35-22(11-41)25(38)33-20(7-16-10-29-13-32-16)24(37)34-21(26(39)40)5-14-8-30-19-4-2-1-3-17(14)19/h1-4,8-10,12-13,18,20-22,30,41H,5-7,11,27H2,(H,28,31)(H,29,32)(H,33,38)(H,34,37)(H,35,36)(H,39,40). The Labute approximate surface area is 239 Å². The highest BCUT2D eigenvalue weighted by molar-refractivity contribution is 7.80. The van der Waals surface area contributed by atoms with E-state index >= 15 is 0 Å². The number of rotatable bonds is 14. The summed E-state index contributed by atoms with van der Waals surface area (Å²) in [5.74, 6) is -3.31. The van der Waals surface area contributed by atoms with Crippen LogP contribution in [0.15, 0.2) is 55.5 Å². The molecule has 3 heterocycles. The first-order valence-corrected chi connectivity index (χ1v) is 13.4. The van der Waals surface area contributed by atoms with Crippen molar-refractivity contribution in [1.29, 1.82) is 0 Å². The van der Waals surface area contributed by atoms with Crippen LogP contribution in [0, 0.1) is 0 Å². The number of para-hydroxylation sites is 1. The van der Waals surface area contributed by atoms with Crippen LogP contribution in [-0.4, -0.2) is 83.6 Å². The Morgan fingerprint density at radius 3 is 2.07 bits per heavy atom. The molecule has 15 heteroatoms. The summed E-state index contributed by atoms with van der Waals surface area (Å²) in [6.45, 7) is 0. The zero-order chi connectivity index (χ0) is 29.4. The fraction of sp³-hybridized carbons (Fsp3) is 0.308. The van der Waals surface area contributed by atoms with Crippen LogP contribution in [0.1, 0.15) is 17.0 Å². The summed E-state index contributed by atoms with van der Waals surface area (Å²) in [6, 6.07) is 2.88. The summed E-state index contributed by atoms with van der Waals surface area (Å²) < 4.78 is 0. The van der Waals surface area contributed by atoms with E-state index < -0.39 is 47.9 Å². The predicted molar refractivity (Wildman–Crippen MR) is 152 cm³/mol. The minimum atomic E-state index is -1.27. The Balaban J connectivity index is 1.44. The highest BCUT2D eigenvalue weighted by Gasteiger charge is 2.31. The third kappa shape index (κ3) is 7.73. The van der Waals surface area contributed by atoms with E-state index in [2.05, 4.69) is 53.5 Å². The number of thiol groups is 1.